The summed E-state index contributed by atoms with van der Waals surface area (Å²) < 4.78 is 19.4. The normalized spacial score (nSPS) is 11.6. The van der Waals surface area contributed by atoms with Crippen LogP contribution < -0.4 is 0 Å². The lowest BCUT2D eigenvalue weighted by atomic mass is 9.97. The van der Waals surface area contributed by atoms with E-state index in [9.17, 15) is 9.18 Å². The minimum absolute atomic E-state index is 0.0335. The first-order chi connectivity index (χ1) is 7.84. The predicted octanol–water partition coefficient (Wildman–Crippen LogP) is 3.51. The standard InChI is InChI=1S/C13H16BrFO2/c1-13(2,17-3)8-11(16)7-9-6-10(14)4-5-12(9)15/h4-6H,7-8H2,1-3H3. The SMILES string of the molecule is COC(C)(C)CC(=O)Cc1cc(Br)ccc1F. The smallest absolute Gasteiger partial charge is 0.140 e. The van der Waals surface area contributed by atoms with Crippen molar-refractivity contribution in [3.63, 3.8) is 0 Å². The van der Waals surface area contributed by atoms with E-state index in [1.165, 1.54) is 6.07 Å². The van der Waals surface area contributed by atoms with Gasteiger partial charge in [0.25, 0.3) is 0 Å². The third-order valence-corrected chi connectivity index (χ3v) is 3.06. The molecule has 0 amide bonds. The highest BCUT2D eigenvalue weighted by molar-refractivity contribution is 9.10. The lowest BCUT2D eigenvalue weighted by molar-refractivity contribution is -0.123. The summed E-state index contributed by atoms with van der Waals surface area (Å²) in [4.78, 5) is 11.8. The molecule has 0 aliphatic carbocycles. The van der Waals surface area contributed by atoms with E-state index in [4.69, 9.17) is 4.74 Å². The molecule has 0 aromatic heterocycles. The quantitative estimate of drug-likeness (QED) is 0.832. The maximum absolute atomic E-state index is 13.4. The molecular formula is C13H16BrFO2. The number of carbonyl (C=O) groups excluding carboxylic acids is 1. The van der Waals surface area contributed by atoms with Crippen molar-refractivity contribution in [1.82, 2.24) is 0 Å². The molecule has 2 nitrogen and oxygen atoms in total. The molecule has 1 aromatic rings. The van der Waals surface area contributed by atoms with Crippen LogP contribution in [0.5, 0.6) is 0 Å². The topological polar surface area (TPSA) is 26.3 Å². The molecular weight excluding hydrogens is 287 g/mol. The van der Waals surface area contributed by atoms with Gasteiger partial charge in [-0.1, -0.05) is 15.9 Å². The van der Waals surface area contributed by atoms with E-state index in [-0.39, 0.29) is 24.4 Å². The van der Waals surface area contributed by atoms with Gasteiger partial charge >= 0.3 is 0 Å². The Kier molecular flexibility index (Phi) is 4.83. The minimum atomic E-state index is -0.500. The van der Waals surface area contributed by atoms with Crippen LogP contribution in [0.3, 0.4) is 0 Å². The Hall–Kier alpha value is -0.740. The molecule has 4 heteroatoms. The maximum atomic E-state index is 13.4. The van der Waals surface area contributed by atoms with Gasteiger partial charge in [-0.25, -0.2) is 4.39 Å². The van der Waals surface area contributed by atoms with Crippen LogP contribution in [0.1, 0.15) is 25.8 Å². The van der Waals surface area contributed by atoms with E-state index in [2.05, 4.69) is 15.9 Å². The lowest BCUT2D eigenvalue weighted by Crippen LogP contribution is -2.27. The molecule has 0 unspecified atom stereocenters. The summed E-state index contributed by atoms with van der Waals surface area (Å²) in [5.41, 5.74) is -0.0872. The number of methoxy groups -OCH3 is 1. The number of benzene rings is 1. The molecule has 0 radical (unpaired) electrons. The van der Waals surface area contributed by atoms with Crippen LogP contribution in [0.2, 0.25) is 0 Å². The second kappa shape index (κ2) is 5.74. The van der Waals surface area contributed by atoms with E-state index in [1.807, 2.05) is 13.8 Å². The second-order valence-electron chi connectivity index (χ2n) is 4.59. The summed E-state index contributed by atoms with van der Waals surface area (Å²) in [5, 5.41) is 0. The van der Waals surface area contributed by atoms with Gasteiger partial charge in [0.1, 0.15) is 11.6 Å². The number of hydrogen-bond donors (Lipinski definition) is 0. The van der Waals surface area contributed by atoms with Crippen molar-refractivity contribution in [2.75, 3.05) is 7.11 Å². The van der Waals surface area contributed by atoms with Gasteiger partial charge in [-0.2, -0.15) is 0 Å². The Morgan fingerprint density at radius 2 is 2.12 bits per heavy atom. The molecule has 17 heavy (non-hydrogen) atoms. The molecule has 0 bridgehead atoms. The Labute approximate surface area is 109 Å². The molecule has 0 fully saturated rings. The minimum Gasteiger partial charge on any atom is -0.378 e. The van der Waals surface area contributed by atoms with Gasteiger partial charge in [-0.15, -0.1) is 0 Å². The van der Waals surface area contributed by atoms with Gasteiger partial charge < -0.3 is 4.74 Å². The molecule has 0 aliphatic rings. The third-order valence-electron chi connectivity index (χ3n) is 2.57. The van der Waals surface area contributed by atoms with E-state index in [0.717, 1.165) is 4.47 Å². The summed E-state index contributed by atoms with van der Waals surface area (Å²) in [6.45, 7) is 3.67. The second-order valence-corrected chi connectivity index (χ2v) is 5.51. The zero-order chi connectivity index (χ0) is 13.1. The predicted molar refractivity (Wildman–Crippen MR) is 68.5 cm³/mol. The number of carbonyl (C=O) groups is 1. The number of halogens is 2. The van der Waals surface area contributed by atoms with Crippen LogP contribution in [0.4, 0.5) is 4.39 Å². The molecule has 0 heterocycles. The molecule has 0 spiro atoms. The number of Topliss-reactive ketones (excluding diaryl/α,β-unsaturated/α-hetero) is 1. The van der Waals surface area contributed by atoms with E-state index in [1.54, 1.807) is 19.2 Å². The van der Waals surface area contributed by atoms with Gasteiger partial charge in [0.2, 0.25) is 0 Å². The lowest BCUT2D eigenvalue weighted by Gasteiger charge is -2.21. The third kappa shape index (κ3) is 4.56. The molecule has 0 saturated heterocycles. The van der Waals surface area contributed by atoms with Crippen LogP contribution in [0.25, 0.3) is 0 Å². The van der Waals surface area contributed by atoms with Crippen molar-refractivity contribution in [2.45, 2.75) is 32.3 Å². The molecule has 0 N–H and O–H groups in total. The van der Waals surface area contributed by atoms with Crippen molar-refractivity contribution >= 4 is 21.7 Å². The number of ketones is 1. The maximum Gasteiger partial charge on any atom is 0.140 e. The van der Waals surface area contributed by atoms with E-state index in [0.29, 0.717) is 5.56 Å². The number of hydrogen-bond acceptors (Lipinski definition) is 2. The Bertz CT molecular complexity index is 416. The van der Waals surface area contributed by atoms with Crippen molar-refractivity contribution in [2.24, 2.45) is 0 Å². The summed E-state index contributed by atoms with van der Waals surface area (Å²) in [5.74, 6) is -0.384. The highest BCUT2D eigenvalue weighted by atomic mass is 79.9. The van der Waals surface area contributed by atoms with Crippen LogP contribution in [0, 0.1) is 5.82 Å². The van der Waals surface area contributed by atoms with Crippen molar-refractivity contribution in [1.29, 1.82) is 0 Å². The van der Waals surface area contributed by atoms with E-state index < -0.39 is 5.60 Å². The molecule has 0 aliphatic heterocycles. The summed E-state index contributed by atoms with van der Waals surface area (Å²) in [7, 11) is 1.56. The highest BCUT2D eigenvalue weighted by Gasteiger charge is 2.21. The Morgan fingerprint density at radius 3 is 2.71 bits per heavy atom. The Balaban J connectivity index is 2.71. The number of rotatable bonds is 5. The van der Waals surface area contributed by atoms with Gasteiger partial charge in [0.15, 0.2) is 0 Å². The van der Waals surface area contributed by atoms with Gasteiger partial charge in [0, 0.05) is 24.4 Å². The van der Waals surface area contributed by atoms with Crippen molar-refractivity contribution in [3.05, 3.63) is 34.1 Å². The average molecular weight is 303 g/mol. The largest absolute Gasteiger partial charge is 0.378 e. The fraction of sp³-hybridized carbons (Fsp3) is 0.462. The first-order valence-electron chi connectivity index (χ1n) is 5.35. The first kappa shape index (κ1) is 14.3. The molecule has 1 aromatic carbocycles. The Morgan fingerprint density at radius 1 is 1.47 bits per heavy atom. The summed E-state index contributed by atoms with van der Waals surface area (Å²) in [6.07, 6.45) is 0.369. The van der Waals surface area contributed by atoms with Crippen LogP contribution in [0.15, 0.2) is 22.7 Å². The molecule has 94 valence electrons. The van der Waals surface area contributed by atoms with E-state index >= 15 is 0 Å². The fourth-order valence-electron chi connectivity index (χ4n) is 1.50. The molecule has 0 saturated carbocycles. The van der Waals surface area contributed by atoms with Crippen LogP contribution in [-0.2, 0) is 16.0 Å². The van der Waals surface area contributed by atoms with Crippen molar-refractivity contribution < 1.29 is 13.9 Å². The summed E-state index contributed by atoms with van der Waals surface area (Å²) >= 11 is 3.26. The fourth-order valence-corrected chi connectivity index (χ4v) is 1.91. The van der Waals surface area contributed by atoms with Gasteiger partial charge in [-0.05, 0) is 37.6 Å². The first-order valence-corrected chi connectivity index (χ1v) is 6.14. The molecule has 1 rings (SSSR count). The zero-order valence-corrected chi connectivity index (χ0v) is 11.8. The highest BCUT2D eigenvalue weighted by Crippen LogP contribution is 2.19. The monoisotopic (exact) mass is 302 g/mol. The van der Waals surface area contributed by atoms with Crippen LogP contribution >= 0.6 is 15.9 Å². The average Bonchev–Trinajstić information content (AvgIpc) is 2.23. The van der Waals surface area contributed by atoms with Gasteiger partial charge in [0.05, 0.1) is 5.60 Å². The van der Waals surface area contributed by atoms with Crippen LogP contribution in [-0.4, -0.2) is 18.5 Å². The molecule has 0 atom stereocenters. The van der Waals surface area contributed by atoms with Crippen molar-refractivity contribution in [3.8, 4) is 0 Å². The summed E-state index contributed by atoms with van der Waals surface area (Å²) in [6, 6.07) is 4.60. The number of ether oxygens (including phenoxy) is 1. The van der Waals surface area contributed by atoms with Gasteiger partial charge in [-0.3, -0.25) is 4.79 Å². The zero-order valence-electron chi connectivity index (χ0n) is 10.2.